The Bertz CT molecular complexity index is 713. The third kappa shape index (κ3) is 1.90. The molecule has 1 aromatic rings. The highest BCUT2D eigenvalue weighted by Gasteiger charge is 2.35. The highest BCUT2D eigenvalue weighted by atomic mass is 16.5. The summed E-state index contributed by atoms with van der Waals surface area (Å²) < 4.78 is 5.45. The molecule has 0 spiro atoms. The minimum Gasteiger partial charge on any atom is -0.496 e. The van der Waals surface area contributed by atoms with Gasteiger partial charge >= 0.3 is 0 Å². The lowest BCUT2D eigenvalue weighted by Gasteiger charge is -2.25. The van der Waals surface area contributed by atoms with Crippen molar-refractivity contribution in [2.24, 2.45) is 10.8 Å². The Balaban J connectivity index is 2.12. The molecule has 4 heteroatoms. The first-order valence-corrected chi connectivity index (χ1v) is 7.12. The molecule has 2 aliphatic heterocycles. The highest BCUT2D eigenvalue weighted by Crippen LogP contribution is 2.40. The van der Waals surface area contributed by atoms with Crippen LogP contribution in [0.1, 0.15) is 36.6 Å². The molecule has 0 saturated carbocycles. The van der Waals surface area contributed by atoms with Gasteiger partial charge in [-0.2, -0.15) is 0 Å². The summed E-state index contributed by atoms with van der Waals surface area (Å²) >= 11 is 0. The first-order valence-electron chi connectivity index (χ1n) is 7.12. The van der Waals surface area contributed by atoms with E-state index in [-0.39, 0.29) is 6.04 Å². The first kappa shape index (κ1) is 13.9. The van der Waals surface area contributed by atoms with Crippen molar-refractivity contribution in [1.82, 2.24) is 5.01 Å². The fourth-order valence-electron chi connectivity index (χ4n) is 3.17. The van der Waals surface area contributed by atoms with Gasteiger partial charge in [-0.05, 0) is 62.1 Å². The van der Waals surface area contributed by atoms with Gasteiger partial charge in [0.25, 0.3) is 0 Å². The van der Waals surface area contributed by atoms with Crippen LogP contribution in [0, 0.1) is 13.8 Å². The van der Waals surface area contributed by atoms with Gasteiger partial charge in [0.05, 0.1) is 13.2 Å². The van der Waals surface area contributed by atoms with E-state index in [1.54, 1.807) is 12.1 Å². The third-order valence-corrected chi connectivity index (χ3v) is 4.53. The van der Waals surface area contributed by atoms with Crippen LogP contribution in [0.25, 0.3) is 0 Å². The smallest absolute Gasteiger partial charge is 0.151 e. The van der Waals surface area contributed by atoms with Gasteiger partial charge in [-0.25, -0.2) is 10.8 Å². The Kier molecular flexibility index (Phi) is 3.14. The van der Waals surface area contributed by atoms with Crippen molar-refractivity contribution < 1.29 is 4.74 Å². The van der Waals surface area contributed by atoms with Crippen LogP contribution in [0.2, 0.25) is 0 Å². The Morgan fingerprint density at radius 1 is 1.19 bits per heavy atom. The number of rotatable bonds is 2. The fourth-order valence-corrected chi connectivity index (χ4v) is 3.17. The summed E-state index contributed by atoms with van der Waals surface area (Å²) in [5.41, 5.74) is 6.96. The summed E-state index contributed by atoms with van der Waals surface area (Å²) in [6.45, 7) is 8.31. The number of aliphatic imine (C=N–C) groups is 1. The van der Waals surface area contributed by atoms with E-state index in [0.29, 0.717) is 0 Å². The minimum absolute atomic E-state index is 0.0110. The van der Waals surface area contributed by atoms with Crippen LogP contribution >= 0.6 is 0 Å². The lowest BCUT2D eigenvalue weighted by Crippen LogP contribution is -2.36. The zero-order valence-electron chi connectivity index (χ0n) is 13.2. The van der Waals surface area contributed by atoms with Crippen LogP contribution in [-0.2, 0) is 0 Å². The molecule has 21 heavy (non-hydrogen) atoms. The summed E-state index contributed by atoms with van der Waals surface area (Å²) in [5.74, 6) is 8.10. The van der Waals surface area contributed by atoms with Crippen molar-refractivity contribution in [2.45, 2.75) is 33.7 Å². The van der Waals surface area contributed by atoms with Crippen molar-refractivity contribution in [3.63, 3.8) is 0 Å². The predicted molar refractivity (Wildman–Crippen MR) is 85.1 cm³/mol. The summed E-state index contributed by atoms with van der Waals surface area (Å²) in [7, 11) is 1.70. The number of hydrogen-bond donors (Lipinski definition) is 1. The standard InChI is InChI=1S/C17H21N3O/c1-9-6-7-15(21-5)11(3)16(9)14-8-13-10(2)12(4)19-17(13)20(14)18/h6-8,14H,18H2,1-5H3. The maximum absolute atomic E-state index is 6.33. The van der Waals surface area contributed by atoms with Crippen molar-refractivity contribution >= 4 is 5.84 Å². The number of allylic oxidation sites excluding steroid dienone is 1. The van der Waals surface area contributed by atoms with Crippen LogP contribution in [0.15, 0.2) is 40.0 Å². The van der Waals surface area contributed by atoms with E-state index in [1.807, 2.05) is 13.0 Å². The van der Waals surface area contributed by atoms with Crippen LogP contribution < -0.4 is 10.6 Å². The third-order valence-electron chi connectivity index (χ3n) is 4.53. The molecule has 0 aromatic heterocycles. The monoisotopic (exact) mass is 283 g/mol. The van der Waals surface area contributed by atoms with E-state index >= 15 is 0 Å². The number of methoxy groups -OCH3 is 1. The highest BCUT2D eigenvalue weighted by molar-refractivity contribution is 6.07. The van der Waals surface area contributed by atoms with E-state index in [1.165, 1.54) is 16.7 Å². The van der Waals surface area contributed by atoms with Gasteiger partial charge in [-0.15, -0.1) is 0 Å². The largest absolute Gasteiger partial charge is 0.496 e. The van der Waals surface area contributed by atoms with Gasteiger partial charge < -0.3 is 4.74 Å². The van der Waals surface area contributed by atoms with E-state index in [2.05, 4.69) is 37.9 Å². The van der Waals surface area contributed by atoms with Crippen molar-refractivity contribution in [2.75, 3.05) is 7.11 Å². The van der Waals surface area contributed by atoms with Crippen LogP contribution in [0.5, 0.6) is 5.75 Å². The van der Waals surface area contributed by atoms with Gasteiger partial charge in [-0.1, -0.05) is 6.07 Å². The zero-order valence-corrected chi connectivity index (χ0v) is 13.2. The molecule has 4 nitrogen and oxygen atoms in total. The molecule has 0 amide bonds. The van der Waals surface area contributed by atoms with Gasteiger partial charge in [-0.3, -0.25) is 5.01 Å². The van der Waals surface area contributed by atoms with E-state index in [0.717, 1.165) is 28.4 Å². The SMILES string of the molecule is COc1ccc(C)c(C2C=C3C(=NC(C)=C3C)N2N)c1C. The molecule has 1 aromatic carbocycles. The van der Waals surface area contributed by atoms with Gasteiger partial charge in [0, 0.05) is 11.3 Å². The first-order chi connectivity index (χ1) is 9.95. The molecule has 2 aliphatic rings. The Hall–Kier alpha value is -2.07. The van der Waals surface area contributed by atoms with Gasteiger partial charge in [0.15, 0.2) is 5.84 Å². The lowest BCUT2D eigenvalue weighted by molar-refractivity contribution is 0.385. The molecule has 1 unspecified atom stereocenters. The number of nitrogens with zero attached hydrogens (tertiary/aromatic N) is 2. The maximum Gasteiger partial charge on any atom is 0.151 e. The topological polar surface area (TPSA) is 50.8 Å². The molecule has 3 rings (SSSR count). The van der Waals surface area contributed by atoms with Crippen molar-refractivity contribution in [1.29, 1.82) is 0 Å². The quantitative estimate of drug-likeness (QED) is 0.848. The Morgan fingerprint density at radius 3 is 2.52 bits per heavy atom. The fraction of sp³-hybridized carbons (Fsp3) is 0.353. The second kappa shape index (κ2) is 4.74. The summed E-state index contributed by atoms with van der Waals surface area (Å²) in [5, 5.41) is 1.77. The zero-order chi connectivity index (χ0) is 15.3. The number of hydrazine groups is 1. The average molecular weight is 283 g/mol. The number of ether oxygens (including phenoxy) is 1. The van der Waals surface area contributed by atoms with E-state index in [4.69, 9.17) is 10.6 Å². The molecule has 0 radical (unpaired) electrons. The van der Waals surface area contributed by atoms with E-state index in [9.17, 15) is 0 Å². The summed E-state index contributed by atoms with van der Waals surface area (Å²) in [6, 6.07) is 4.10. The maximum atomic E-state index is 6.33. The minimum atomic E-state index is 0.0110. The number of nitrogens with two attached hydrogens (primary N) is 1. The number of amidine groups is 1. The average Bonchev–Trinajstić information content (AvgIpc) is 2.90. The predicted octanol–water partition coefficient (Wildman–Crippen LogP) is 3.17. The second-order valence-corrected chi connectivity index (χ2v) is 5.70. The normalized spacial score (nSPS) is 20.7. The number of fused-ring (bicyclic) bond motifs is 1. The van der Waals surface area contributed by atoms with Crippen molar-refractivity contribution in [3.05, 3.63) is 51.7 Å². The summed E-state index contributed by atoms with van der Waals surface area (Å²) in [6.07, 6.45) is 2.21. The second-order valence-electron chi connectivity index (χ2n) is 5.70. The Morgan fingerprint density at radius 2 is 1.90 bits per heavy atom. The van der Waals surface area contributed by atoms with Gasteiger partial charge in [0.2, 0.25) is 0 Å². The van der Waals surface area contributed by atoms with E-state index < -0.39 is 0 Å². The molecule has 110 valence electrons. The molecule has 0 fully saturated rings. The van der Waals surface area contributed by atoms with Crippen LogP contribution in [-0.4, -0.2) is 18.0 Å². The molecule has 2 heterocycles. The van der Waals surface area contributed by atoms with Crippen LogP contribution in [0.4, 0.5) is 0 Å². The van der Waals surface area contributed by atoms with Crippen LogP contribution in [0.3, 0.4) is 0 Å². The molecule has 0 bridgehead atoms. The van der Waals surface area contributed by atoms with Crippen molar-refractivity contribution in [3.8, 4) is 5.75 Å². The molecule has 1 atom stereocenters. The Labute approximate surface area is 125 Å². The number of benzene rings is 1. The molecular formula is C17H21N3O. The number of aryl methyl sites for hydroxylation is 1. The van der Waals surface area contributed by atoms with Gasteiger partial charge in [0.1, 0.15) is 5.75 Å². The molecular weight excluding hydrogens is 262 g/mol. The molecule has 2 N–H and O–H groups in total. The lowest BCUT2D eigenvalue weighted by atomic mass is 9.95. The molecule has 0 aliphatic carbocycles. The summed E-state index contributed by atoms with van der Waals surface area (Å²) in [4.78, 5) is 4.59. The number of hydrogen-bond acceptors (Lipinski definition) is 4. The molecule has 0 saturated heterocycles.